The van der Waals surface area contributed by atoms with Crippen molar-refractivity contribution in [3.8, 4) is 0 Å². The molecule has 0 amide bonds. The maximum Gasteiger partial charge on any atom is 0.268 e. The fraction of sp³-hybridized carbons (Fsp3) is 0.133. The van der Waals surface area contributed by atoms with Crippen molar-refractivity contribution in [3.63, 3.8) is 0 Å². The van der Waals surface area contributed by atoms with E-state index in [0.717, 1.165) is 10.9 Å². The Bertz CT molecular complexity index is 918. The molecule has 0 atom stereocenters. The summed E-state index contributed by atoms with van der Waals surface area (Å²) in [5.41, 5.74) is 7.06. The summed E-state index contributed by atoms with van der Waals surface area (Å²) in [4.78, 5) is 4.25. The summed E-state index contributed by atoms with van der Waals surface area (Å²) < 4.78 is 27.0. The second-order valence-corrected chi connectivity index (χ2v) is 7.09. The van der Waals surface area contributed by atoms with Crippen LogP contribution in [-0.2, 0) is 16.4 Å². The Hall–Kier alpha value is -1.89. The molecule has 3 aromatic rings. The molecule has 3 rings (SSSR count). The monoisotopic (exact) mass is 335 g/mol. The molecule has 0 fully saturated rings. The zero-order valence-corrected chi connectivity index (χ0v) is 13.2. The van der Waals surface area contributed by atoms with Crippen molar-refractivity contribution in [1.82, 2.24) is 8.96 Å². The number of benzene rings is 1. The van der Waals surface area contributed by atoms with E-state index >= 15 is 0 Å². The number of nitrogens with two attached hydrogens (primary N) is 1. The topological polar surface area (TPSA) is 78.0 Å². The number of halogens is 1. The highest BCUT2D eigenvalue weighted by atomic mass is 35.5. The number of nitrogens with zero attached hydrogens (tertiary/aromatic N) is 2. The first-order valence-corrected chi connectivity index (χ1v) is 8.51. The van der Waals surface area contributed by atoms with Gasteiger partial charge in [-0.25, -0.2) is 12.4 Å². The van der Waals surface area contributed by atoms with Gasteiger partial charge in [-0.1, -0.05) is 11.6 Å². The number of pyridine rings is 1. The number of hydrogen-bond donors (Lipinski definition) is 1. The van der Waals surface area contributed by atoms with Gasteiger partial charge < -0.3 is 5.73 Å². The van der Waals surface area contributed by atoms with Crippen molar-refractivity contribution in [2.24, 2.45) is 5.73 Å². The van der Waals surface area contributed by atoms with Crippen molar-refractivity contribution in [1.29, 1.82) is 0 Å². The maximum atomic E-state index is 12.8. The molecule has 0 saturated heterocycles. The third kappa shape index (κ3) is 2.49. The molecule has 7 heteroatoms. The third-order valence-corrected chi connectivity index (χ3v) is 5.38. The van der Waals surface area contributed by atoms with E-state index in [1.807, 2.05) is 0 Å². The maximum absolute atomic E-state index is 12.8. The Morgan fingerprint density at radius 1 is 1.18 bits per heavy atom. The molecule has 5 nitrogen and oxygen atoms in total. The smallest absolute Gasteiger partial charge is 0.268 e. The predicted molar refractivity (Wildman–Crippen MR) is 86.5 cm³/mol. The van der Waals surface area contributed by atoms with Crippen molar-refractivity contribution in [3.05, 3.63) is 59.5 Å². The standard InChI is InChI=1S/C15H14ClN3O2S/c16-12-1-3-13(4-2-12)22(20,21)19-10-11(5-7-17)14-9-18-8-6-15(14)19/h1-4,6,8-10H,5,7,17H2. The largest absolute Gasteiger partial charge is 0.330 e. The Morgan fingerprint density at radius 2 is 1.91 bits per heavy atom. The number of hydrogen-bond acceptors (Lipinski definition) is 4. The lowest BCUT2D eigenvalue weighted by atomic mass is 10.2. The third-order valence-electron chi connectivity index (χ3n) is 3.44. The SMILES string of the molecule is NCCc1cn(S(=O)(=O)c2ccc(Cl)cc2)c2ccncc12. The van der Waals surface area contributed by atoms with Gasteiger partial charge in [0.05, 0.1) is 10.4 Å². The molecular formula is C15H14ClN3O2S. The van der Waals surface area contributed by atoms with Gasteiger partial charge in [-0.3, -0.25) is 4.98 Å². The fourth-order valence-corrected chi connectivity index (χ4v) is 3.90. The number of rotatable bonds is 4. The van der Waals surface area contributed by atoms with E-state index in [-0.39, 0.29) is 4.90 Å². The predicted octanol–water partition coefficient (Wildman–Crippen LogP) is 2.43. The second-order valence-electron chi connectivity index (χ2n) is 4.84. The lowest BCUT2D eigenvalue weighted by Gasteiger charge is -2.07. The summed E-state index contributed by atoms with van der Waals surface area (Å²) in [5.74, 6) is 0. The highest BCUT2D eigenvalue weighted by molar-refractivity contribution is 7.90. The Labute approximate surface area is 133 Å². The van der Waals surface area contributed by atoms with Gasteiger partial charge in [0.2, 0.25) is 0 Å². The Kier molecular flexibility index (Phi) is 3.90. The van der Waals surface area contributed by atoms with Crippen LogP contribution in [0.5, 0.6) is 0 Å². The summed E-state index contributed by atoms with van der Waals surface area (Å²) in [6.07, 6.45) is 5.44. The van der Waals surface area contributed by atoms with E-state index in [1.165, 1.54) is 16.1 Å². The van der Waals surface area contributed by atoms with E-state index in [9.17, 15) is 8.42 Å². The van der Waals surface area contributed by atoms with Gasteiger partial charge in [0.25, 0.3) is 10.0 Å². The first-order chi connectivity index (χ1) is 10.5. The van der Waals surface area contributed by atoms with E-state index in [1.54, 1.807) is 36.8 Å². The highest BCUT2D eigenvalue weighted by Crippen LogP contribution is 2.26. The number of fused-ring (bicyclic) bond motifs is 1. The zero-order valence-electron chi connectivity index (χ0n) is 11.6. The second kappa shape index (κ2) is 5.72. The average Bonchev–Trinajstić information content (AvgIpc) is 2.88. The molecule has 0 aliphatic heterocycles. The van der Waals surface area contributed by atoms with Crippen molar-refractivity contribution < 1.29 is 8.42 Å². The van der Waals surface area contributed by atoms with Gasteiger partial charge in [-0.05, 0) is 48.9 Å². The van der Waals surface area contributed by atoms with E-state index < -0.39 is 10.0 Å². The molecule has 2 aromatic heterocycles. The van der Waals surface area contributed by atoms with Gasteiger partial charge in [0, 0.05) is 29.0 Å². The van der Waals surface area contributed by atoms with Crippen LogP contribution in [0.1, 0.15) is 5.56 Å². The van der Waals surface area contributed by atoms with Crippen LogP contribution in [0.3, 0.4) is 0 Å². The van der Waals surface area contributed by atoms with Crippen molar-refractivity contribution >= 4 is 32.5 Å². The Morgan fingerprint density at radius 3 is 2.59 bits per heavy atom. The lowest BCUT2D eigenvalue weighted by Crippen LogP contribution is -2.12. The van der Waals surface area contributed by atoms with Gasteiger partial charge in [-0.15, -0.1) is 0 Å². The van der Waals surface area contributed by atoms with Gasteiger partial charge in [0.1, 0.15) is 0 Å². The summed E-state index contributed by atoms with van der Waals surface area (Å²) in [7, 11) is -3.69. The molecule has 0 unspecified atom stereocenters. The molecule has 2 heterocycles. The first-order valence-electron chi connectivity index (χ1n) is 6.69. The van der Waals surface area contributed by atoms with Crippen molar-refractivity contribution in [2.75, 3.05) is 6.54 Å². The summed E-state index contributed by atoms with van der Waals surface area (Å²) in [6.45, 7) is 0.439. The zero-order chi connectivity index (χ0) is 15.7. The van der Waals surface area contributed by atoms with Gasteiger partial charge in [-0.2, -0.15) is 0 Å². The number of aromatic nitrogens is 2. The summed E-state index contributed by atoms with van der Waals surface area (Å²) >= 11 is 5.82. The van der Waals surface area contributed by atoms with E-state index in [2.05, 4.69) is 4.98 Å². The minimum absolute atomic E-state index is 0.185. The van der Waals surface area contributed by atoms with Crippen LogP contribution < -0.4 is 5.73 Å². The molecular weight excluding hydrogens is 322 g/mol. The fourth-order valence-electron chi connectivity index (χ4n) is 2.38. The van der Waals surface area contributed by atoms with Crippen LogP contribution in [0, 0.1) is 0 Å². The molecule has 2 N–H and O–H groups in total. The summed E-state index contributed by atoms with van der Waals surface area (Å²) in [6, 6.07) is 7.79. The minimum Gasteiger partial charge on any atom is -0.330 e. The van der Waals surface area contributed by atoms with E-state index in [0.29, 0.717) is 23.5 Å². The van der Waals surface area contributed by atoms with Crippen molar-refractivity contribution in [2.45, 2.75) is 11.3 Å². The van der Waals surface area contributed by atoms with Crippen LogP contribution in [0.15, 0.2) is 53.8 Å². The molecule has 0 aliphatic rings. The summed E-state index contributed by atoms with van der Waals surface area (Å²) in [5, 5.41) is 1.29. The molecule has 0 saturated carbocycles. The van der Waals surface area contributed by atoms with E-state index in [4.69, 9.17) is 17.3 Å². The van der Waals surface area contributed by atoms with Crippen LogP contribution in [0.4, 0.5) is 0 Å². The van der Waals surface area contributed by atoms with Crippen LogP contribution in [0.2, 0.25) is 5.02 Å². The quantitative estimate of drug-likeness (QED) is 0.794. The van der Waals surface area contributed by atoms with Crippen LogP contribution in [0.25, 0.3) is 10.9 Å². The average molecular weight is 336 g/mol. The molecule has 0 spiro atoms. The van der Waals surface area contributed by atoms with Crippen LogP contribution in [-0.4, -0.2) is 23.9 Å². The normalized spacial score (nSPS) is 11.9. The first kappa shape index (κ1) is 15.0. The molecule has 22 heavy (non-hydrogen) atoms. The van der Waals surface area contributed by atoms with Gasteiger partial charge in [0.15, 0.2) is 0 Å². The molecule has 1 aromatic carbocycles. The molecule has 0 bridgehead atoms. The molecule has 0 aliphatic carbocycles. The highest BCUT2D eigenvalue weighted by Gasteiger charge is 2.21. The molecule has 114 valence electrons. The lowest BCUT2D eigenvalue weighted by molar-refractivity contribution is 0.589. The van der Waals surface area contributed by atoms with Crippen LogP contribution >= 0.6 is 11.6 Å². The molecule has 0 radical (unpaired) electrons. The van der Waals surface area contributed by atoms with Gasteiger partial charge >= 0.3 is 0 Å². The minimum atomic E-state index is -3.69. The Balaban J connectivity index is 2.23.